The monoisotopic (exact) mass is 368 g/mol. The van der Waals surface area contributed by atoms with E-state index >= 15 is 0 Å². The Balaban J connectivity index is 1.88. The quantitative estimate of drug-likeness (QED) is 0.727. The molecule has 0 bridgehead atoms. The van der Waals surface area contributed by atoms with Gasteiger partial charge in [-0.1, -0.05) is 30.7 Å². The first-order valence-electron chi connectivity index (χ1n) is 8.85. The second kappa shape index (κ2) is 6.69. The Bertz CT molecular complexity index is 962. The van der Waals surface area contributed by atoms with Crippen molar-refractivity contribution < 1.29 is 9.53 Å². The van der Waals surface area contributed by atoms with Crippen LogP contribution in [0, 0.1) is 0 Å². The van der Waals surface area contributed by atoms with Crippen LogP contribution in [0.1, 0.15) is 36.2 Å². The Kier molecular flexibility index (Phi) is 4.37. The average Bonchev–Trinajstić information content (AvgIpc) is 3.04. The van der Waals surface area contributed by atoms with Crippen LogP contribution >= 0.6 is 11.6 Å². The normalized spacial score (nSPS) is 16.6. The molecule has 0 spiro atoms. The molecule has 5 heteroatoms. The van der Waals surface area contributed by atoms with E-state index in [0.29, 0.717) is 13.0 Å². The van der Waals surface area contributed by atoms with Crippen molar-refractivity contribution in [1.29, 1.82) is 0 Å². The largest absolute Gasteiger partial charge is 0.497 e. The van der Waals surface area contributed by atoms with Crippen LogP contribution in [-0.4, -0.2) is 29.4 Å². The third-order valence-corrected chi connectivity index (χ3v) is 5.38. The Morgan fingerprint density at radius 3 is 2.73 bits per heavy atom. The highest BCUT2D eigenvalue weighted by Crippen LogP contribution is 2.39. The number of methoxy groups -OCH3 is 1. The van der Waals surface area contributed by atoms with Gasteiger partial charge >= 0.3 is 0 Å². The zero-order chi connectivity index (χ0) is 18.3. The maximum atomic E-state index is 12.6. The highest BCUT2D eigenvalue weighted by atomic mass is 35.5. The number of carbonyl (C=O) groups is 1. The molecule has 26 heavy (non-hydrogen) atoms. The van der Waals surface area contributed by atoms with E-state index in [1.165, 1.54) is 5.56 Å². The lowest BCUT2D eigenvalue weighted by molar-refractivity contribution is -0.133. The summed E-state index contributed by atoms with van der Waals surface area (Å²) in [4.78, 5) is 18.1. The molecule has 2 aromatic carbocycles. The molecule has 1 unspecified atom stereocenters. The number of nitrogens with zero attached hydrogens (tertiary/aromatic N) is 1. The van der Waals surface area contributed by atoms with Crippen molar-refractivity contribution in [3.05, 3.63) is 64.3 Å². The highest BCUT2D eigenvalue weighted by Gasteiger charge is 2.33. The van der Waals surface area contributed by atoms with Gasteiger partial charge in [0.15, 0.2) is 0 Å². The number of H-pyrrole nitrogens is 1. The Hall–Kier alpha value is -2.46. The van der Waals surface area contributed by atoms with Gasteiger partial charge in [-0.25, -0.2) is 0 Å². The van der Waals surface area contributed by atoms with Gasteiger partial charge in [-0.3, -0.25) is 4.79 Å². The summed E-state index contributed by atoms with van der Waals surface area (Å²) in [6.45, 7) is 2.61. The van der Waals surface area contributed by atoms with Gasteiger partial charge in [0.25, 0.3) is 0 Å². The van der Waals surface area contributed by atoms with Crippen molar-refractivity contribution >= 4 is 28.4 Å². The molecule has 1 aromatic heterocycles. The minimum Gasteiger partial charge on any atom is -0.497 e. The summed E-state index contributed by atoms with van der Waals surface area (Å²) in [6, 6.07) is 13.7. The fourth-order valence-corrected chi connectivity index (χ4v) is 4.04. The number of hydrogen-bond donors (Lipinski definition) is 1. The fourth-order valence-electron chi connectivity index (χ4n) is 3.87. The molecule has 1 atom stereocenters. The first-order chi connectivity index (χ1) is 12.6. The minimum atomic E-state index is -0.122. The third-order valence-electron chi connectivity index (χ3n) is 5.14. The van der Waals surface area contributed by atoms with Crippen molar-refractivity contribution in [2.75, 3.05) is 13.7 Å². The average molecular weight is 369 g/mol. The number of aromatic nitrogens is 1. The summed E-state index contributed by atoms with van der Waals surface area (Å²) in [5, 5.41) is 1.88. The van der Waals surface area contributed by atoms with E-state index in [9.17, 15) is 4.79 Å². The molecule has 3 aromatic rings. The minimum absolute atomic E-state index is 0.122. The first kappa shape index (κ1) is 17.0. The zero-order valence-electron chi connectivity index (χ0n) is 14.9. The third kappa shape index (κ3) is 2.74. The van der Waals surface area contributed by atoms with E-state index in [1.54, 1.807) is 7.11 Å². The molecule has 1 aliphatic rings. The maximum Gasteiger partial charge on any atom is 0.223 e. The number of aromatic amines is 1. The molecule has 0 saturated carbocycles. The number of nitrogens with one attached hydrogen (secondary N) is 1. The number of carbonyl (C=O) groups excluding carboxylic acids is 1. The van der Waals surface area contributed by atoms with Crippen LogP contribution in [0.3, 0.4) is 0 Å². The van der Waals surface area contributed by atoms with Gasteiger partial charge in [-0.15, -0.1) is 0 Å². The molecule has 0 radical (unpaired) electrons. The summed E-state index contributed by atoms with van der Waals surface area (Å²) >= 11 is 6.21. The highest BCUT2D eigenvalue weighted by molar-refractivity contribution is 6.31. The Labute approximate surface area is 157 Å². The van der Waals surface area contributed by atoms with Crippen LogP contribution in [0.2, 0.25) is 5.02 Å². The van der Waals surface area contributed by atoms with Crippen molar-refractivity contribution in [2.45, 2.75) is 25.8 Å². The summed E-state index contributed by atoms with van der Waals surface area (Å²) in [7, 11) is 1.65. The standard InChI is InChI=1S/C21H21ClN2O2/c1-3-19(25)24-11-10-16-17-12-14(22)6-9-18(17)23-20(16)21(24)13-4-7-15(26-2)8-5-13/h4-9,12,21,23H,3,10-11H2,1-2H3. The molecule has 4 nitrogen and oxygen atoms in total. The zero-order valence-corrected chi connectivity index (χ0v) is 15.6. The Morgan fingerprint density at radius 1 is 1.27 bits per heavy atom. The van der Waals surface area contributed by atoms with E-state index in [4.69, 9.17) is 16.3 Å². The van der Waals surface area contributed by atoms with Gasteiger partial charge in [-0.05, 0) is 47.9 Å². The van der Waals surface area contributed by atoms with Gasteiger partial charge < -0.3 is 14.6 Å². The van der Waals surface area contributed by atoms with Crippen molar-refractivity contribution in [3.8, 4) is 5.75 Å². The molecule has 2 heterocycles. The van der Waals surface area contributed by atoms with Crippen LogP contribution in [0.25, 0.3) is 10.9 Å². The second-order valence-electron chi connectivity index (χ2n) is 6.57. The van der Waals surface area contributed by atoms with Crippen molar-refractivity contribution in [1.82, 2.24) is 9.88 Å². The lowest BCUT2D eigenvalue weighted by atomic mass is 9.92. The van der Waals surface area contributed by atoms with E-state index < -0.39 is 0 Å². The van der Waals surface area contributed by atoms with Gasteiger partial charge in [0, 0.05) is 34.6 Å². The van der Waals surface area contributed by atoms with Crippen LogP contribution in [0.5, 0.6) is 5.75 Å². The van der Waals surface area contributed by atoms with Crippen molar-refractivity contribution in [3.63, 3.8) is 0 Å². The van der Waals surface area contributed by atoms with Crippen LogP contribution in [0.4, 0.5) is 0 Å². The van der Waals surface area contributed by atoms with Gasteiger partial charge in [0.05, 0.1) is 13.2 Å². The van der Waals surface area contributed by atoms with Crippen LogP contribution < -0.4 is 4.74 Å². The summed E-state index contributed by atoms with van der Waals surface area (Å²) in [6.07, 6.45) is 1.32. The molecule has 1 N–H and O–H groups in total. The van der Waals surface area contributed by atoms with Gasteiger partial charge in [0.1, 0.15) is 5.75 Å². The fraction of sp³-hybridized carbons (Fsp3) is 0.286. The van der Waals surface area contributed by atoms with Crippen LogP contribution in [0.15, 0.2) is 42.5 Å². The number of hydrogen-bond acceptors (Lipinski definition) is 2. The second-order valence-corrected chi connectivity index (χ2v) is 7.01. The lowest BCUT2D eigenvalue weighted by Crippen LogP contribution is -2.40. The summed E-state index contributed by atoms with van der Waals surface area (Å²) in [5.74, 6) is 0.967. The predicted molar refractivity (Wildman–Crippen MR) is 104 cm³/mol. The summed E-state index contributed by atoms with van der Waals surface area (Å²) < 4.78 is 5.28. The Morgan fingerprint density at radius 2 is 2.04 bits per heavy atom. The molecule has 0 aliphatic carbocycles. The number of amides is 1. The van der Waals surface area contributed by atoms with E-state index in [-0.39, 0.29) is 11.9 Å². The molecule has 0 fully saturated rings. The lowest BCUT2D eigenvalue weighted by Gasteiger charge is -2.36. The van der Waals surface area contributed by atoms with Crippen molar-refractivity contribution in [2.24, 2.45) is 0 Å². The smallest absolute Gasteiger partial charge is 0.223 e. The molecule has 1 aliphatic heterocycles. The maximum absolute atomic E-state index is 12.6. The van der Waals surface area contributed by atoms with Crippen LogP contribution in [-0.2, 0) is 11.2 Å². The van der Waals surface area contributed by atoms with E-state index in [2.05, 4.69) is 4.98 Å². The topological polar surface area (TPSA) is 45.3 Å². The molecular formula is C21H21ClN2O2. The summed E-state index contributed by atoms with van der Waals surface area (Å²) in [5.41, 5.74) is 4.47. The van der Waals surface area contributed by atoms with Gasteiger partial charge in [0.2, 0.25) is 5.91 Å². The molecule has 4 rings (SSSR count). The van der Waals surface area contributed by atoms with E-state index in [0.717, 1.165) is 39.4 Å². The molecular weight excluding hydrogens is 348 g/mol. The molecule has 0 saturated heterocycles. The SMILES string of the molecule is CCC(=O)N1CCc2c([nH]c3ccc(Cl)cc23)C1c1ccc(OC)cc1. The first-order valence-corrected chi connectivity index (χ1v) is 9.23. The van der Waals surface area contributed by atoms with Gasteiger partial charge in [-0.2, -0.15) is 0 Å². The molecule has 134 valence electrons. The number of ether oxygens (including phenoxy) is 1. The number of rotatable bonds is 3. The number of benzene rings is 2. The predicted octanol–water partition coefficient (Wildman–Crippen LogP) is 4.71. The molecule has 1 amide bonds. The van der Waals surface area contributed by atoms with E-state index in [1.807, 2.05) is 54.3 Å². The number of halogens is 1. The number of fused-ring (bicyclic) bond motifs is 3.